The minimum Gasteiger partial charge on any atom is -0.311 e. The van der Waals surface area contributed by atoms with Crippen LogP contribution < -0.4 is 5.32 Å². The van der Waals surface area contributed by atoms with E-state index in [9.17, 15) is 0 Å². The molecule has 0 bridgehead atoms. The number of rotatable bonds is 8. The van der Waals surface area contributed by atoms with Gasteiger partial charge in [0.2, 0.25) is 0 Å². The lowest BCUT2D eigenvalue weighted by atomic mass is 9.98. The largest absolute Gasteiger partial charge is 0.311 e. The summed E-state index contributed by atoms with van der Waals surface area (Å²) in [4.78, 5) is 2.65. The fourth-order valence-electron chi connectivity index (χ4n) is 2.23. The van der Waals surface area contributed by atoms with E-state index in [1.54, 1.807) is 0 Å². The summed E-state index contributed by atoms with van der Waals surface area (Å²) in [7, 11) is 0. The first-order valence-corrected chi connectivity index (χ1v) is 7.70. The van der Waals surface area contributed by atoms with Gasteiger partial charge in [-0.3, -0.25) is 4.90 Å². The molecule has 0 saturated carbocycles. The van der Waals surface area contributed by atoms with Crippen LogP contribution in [0.25, 0.3) is 0 Å². The Balaban J connectivity index is 4.53. The SMILES string of the molecule is CCC(C)CN(CC)C(CNC(C)(C)C)C(C)C. The second-order valence-corrected chi connectivity index (χ2v) is 7.04. The van der Waals surface area contributed by atoms with Gasteiger partial charge in [-0.15, -0.1) is 0 Å². The molecule has 0 amide bonds. The van der Waals surface area contributed by atoms with Crippen molar-refractivity contribution >= 4 is 0 Å². The molecule has 0 aromatic heterocycles. The van der Waals surface area contributed by atoms with Crippen LogP contribution in [0.15, 0.2) is 0 Å². The third-order valence-corrected chi connectivity index (χ3v) is 3.73. The molecular weight excluding hydrogens is 220 g/mol. The monoisotopic (exact) mass is 256 g/mol. The van der Waals surface area contributed by atoms with Gasteiger partial charge in [0.15, 0.2) is 0 Å². The van der Waals surface area contributed by atoms with Crippen LogP contribution in [0.2, 0.25) is 0 Å². The Morgan fingerprint density at radius 3 is 1.94 bits per heavy atom. The van der Waals surface area contributed by atoms with Gasteiger partial charge < -0.3 is 5.32 Å². The fraction of sp³-hybridized carbons (Fsp3) is 1.00. The topological polar surface area (TPSA) is 15.3 Å². The van der Waals surface area contributed by atoms with Crippen molar-refractivity contribution in [1.29, 1.82) is 0 Å². The maximum Gasteiger partial charge on any atom is 0.0243 e. The summed E-state index contributed by atoms with van der Waals surface area (Å²) in [5, 5.41) is 3.67. The van der Waals surface area contributed by atoms with Crippen LogP contribution in [0, 0.1) is 11.8 Å². The maximum absolute atomic E-state index is 3.67. The minimum atomic E-state index is 0.211. The average molecular weight is 256 g/mol. The first-order valence-electron chi connectivity index (χ1n) is 7.70. The van der Waals surface area contributed by atoms with E-state index in [1.807, 2.05) is 0 Å². The lowest BCUT2D eigenvalue weighted by molar-refractivity contribution is 0.131. The van der Waals surface area contributed by atoms with Gasteiger partial charge in [0.05, 0.1) is 0 Å². The van der Waals surface area contributed by atoms with Crippen molar-refractivity contribution in [3.05, 3.63) is 0 Å². The zero-order valence-corrected chi connectivity index (χ0v) is 14.0. The number of hydrogen-bond acceptors (Lipinski definition) is 2. The predicted molar refractivity (Wildman–Crippen MR) is 83.1 cm³/mol. The first-order chi connectivity index (χ1) is 8.21. The third kappa shape index (κ3) is 7.38. The number of hydrogen-bond donors (Lipinski definition) is 1. The molecule has 0 rings (SSSR count). The van der Waals surface area contributed by atoms with Crippen molar-refractivity contribution in [1.82, 2.24) is 10.2 Å². The van der Waals surface area contributed by atoms with E-state index >= 15 is 0 Å². The summed E-state index contributed by atoms with van der Waals surface area (Å²) < 4.78 is 0. The molecule has 0 aliphatic rings. The number of likely N-dealkylation sites (N-methyl/N-ethyl adjacent to an activating group) is 1. The van der Waals surface area contributed by atoms with Gasteiger partial charge >= 0.3 is 0 Å². The molecule has 18 heavy (non-hydrogen) atoms. The van der Waals surface area contributed by atoms with Crippen molar-refractivity contribution in [3.8, 4) is 0 Å². The van der Waals surface area contributed by atoms with Gasteiger partial charge in [-0.25, -0.2) is 0 Å². The summed E-state index contributed by atoms with van der Waals surface area (Å²) in [6.45, 7) is 21.8. The van der Waals surface area contributed by atoms with Crippen molar-refractivity contribution in [2.24, 2.45) is 11.8 Å². The maximum atomic E-state index is 3.67. The smallest absolute Gasteiger partial charge is 0.0243 e. The molecule has 2 unspecified atom stereocenters. The molecule has 2 nitrogen and oxygen atoms in total. The first kappa shape index (κ1) is 17.9. The zero-order valence-electron chi connectivity index (χ0n) is 14.0. The molecule has 1 N–H and O–H groups in total. The Morgan fingerprint density at radius 1 is 1.06 bits per heavy atom. The molecule has 0 radical (unpaired) electrons. The zero-order chi connectivity index (χ0) is 14.3. The molecule has 0 saturated heterocycles. The Kier molecular flexibility index (Phi) is 8.13. The molecule has 0 spiro atoms. The molecule has 0 aliphatic heterocycles. The van der Waals surface area contributed by atoms with Crippen LogP contribution in [0.4, 0.5) is 0 Å². The molecule has 0 heterocycles. The third-order valence-electron chi connectivity index (χ3n) is 3.73. The summed E-state index contributed by atoms with van der Waals surface area (Å²) in [5.41, 5.74) is 0.211. The lowest BCUT2D eigenvalue weighted by Gasteiger charge is -2.37. The molecule has 2 atom stereocenters. The van der Waals surface area contributed by atoms with Crippen LogP contribution in [0.5, 0.6) is 0 Å². The van der Waals surface area contributed by atoms with Gasteiger partial charge in [-0.05, 0) is 39.2 Å². The van der Waals surface area contributed by atoms with Crippen molar-refractivity contribution in [2.45, 2.75) is 73.4 Å². The highest BCUT2D eigenvalue weighted by atomic mass is 15.2. The second-order valence-electron chi connectivity index (χ2n) is 7.04. The average Bonchev–Trinajstić information content (AvgIpc) is 2.25. The number of nitrogens with zero attached hydrogens (tertiary/aromatic N) is 1. The summed E-state index contributed by atoms with van der Waals surface area (Å²) in [5.74, 6) is 1.49. The summed E-state index contributed by atoms with van der Waals surface area (Å²) >= 11 is 0. The highest BCUT2D eigenvalue weighted by molar-refractivity contribution is 4.81. The lowest BCUT2D eigenvalue weighted by Crippen LogP contribution is -2.50. The van der Waals surface area contributed by atoms with Gasteiger partial charge in [0.25, 0.3) is 0 Å². The molecule has 0 aliphatic carbocycles. The van der Waals surface area contributed by atoms with E-state index in [-0.39, 0.29) is 5.54 Å². The van der Waals surface area contributed by atoms with E-state index in [0.29, 0.717) is 12.0 Å². The van der Waals surface area contributed by atoms with Crippen molar-refractivity contribution in [2.75, 3.05) is 19.6 Å². The molecule has 0 aromatic carbocycles. The van der Waals surface area contributed by atoms with Crippen LogP contribution in [0.3, 0.4) is 0 Å². The van der Waals surface area contributed by atoms with E-state index in [2.05, 4.69) is 65.6 Å². The van der Waals surface area contributed by atoms with E-state index in [4.69, 9.17) is 0 Å². The van der Waals surface area contributed by atoms with Crippen LogP contribution >= 0.6 is 0 Å². The Bertz CT molecular complexity index is 206. The normalized spacial score (nSPS) is 16.3. The van der Waals surface area contributed by atoms with Crippen LogP contribution in [0.1, 0.15) is 61.8 Å². The quantitative estimate of drug-likeness (QED) is 0.711. The van der Waals surface area contributed by atoms with Gasteiger partial charge in [-0.2, -0.15) is 0 Å². The second kappa shape index (κ2) is 8.16. The number of nitrogens with one attached hydrogen (secondary N) is 1. The highest BCUT2D eigenvalue weighted by Gasteiger charge is 2.23. The fourth-order valence-corrected chi connectivity index (χ4v) is 2.23. The molecule has 2 heteroatoms. The predicted octanol–water partition coefficient (Wildman–Crippen LogP) is 3.77. The van der Waals surface area contributed by atoms with E-state index < -0.39 is 0 Å². The molecule has 0 fully saturated rings. The van der Waals surface area contributed by atoms with Crippen molar-refractivity contribution < 1.29 is 0 Å². The molecule has 0 aromatic rings. The highest BCUT2D eigenvalue weighted by Crippen LogP contribution is 2.15. The Labute approximate surface area is 116 Å². The van der Waals surface area contributed by atoms with Crippen LogP contribution in [-0.2, 0) is 0 Å². The van der Waals surface area contributed by atoms with Gasteiger partial charge in [-0.1, -0.05) is 41.0 Å². The Hall–Kier alpha value is -0.0800. The molecule has 110 valence electrons. The standard InChI is InChI=1S/C16H36N2/c1-9-14(5)12-18(10-2)15(13(3)4)11-17-16(6,7)8/h13-15,17H,9-12H2,1-8H3. The van der Waals surface area contributed by atoms with Crippen LogP contribution in [-0.4, -0.2) is 36.1 Å². The van der Waals surface area contributed by atoms with E-state index in [0.717, 1.165) is 19.0 Å². The van der Waals surface area contributed by atoms with Gasteiger partial charge in [0.1, 0.15) is 0 Å². The molecular formula is C16H36N2. The van der Waals surface area contributed by atoms with Crippen molar-refractivity contribution in [3.63, 3.8) is 0 Å². The summed E-state index contributed by atoms with van der Waals surface area (Å²) in [6.07, 6.45) is 1.27. The summed E-state index contributed by atoms with van der Waals surface area (Å²) in [6, 6.07) is 0.642. The minimum absolute atomic E-state index is 0.211. The van der Waals surface area contributed by atoms with E-state index in [1.165, 1.54) is 13.0 Å². The Morgan fingerprint density at radius 2 is 1.61 bits per heavy atom. The van der Waals surface area contributed by atoms with Gasteiger partial charge in [0, 0.05) is 24.7 Å².